The number of rotatable bonds is 8. The summed E-state index contributed by atoms with van der Waals surface area (Å²) < 4.78 is 0. The summed E-state index contributed by atoms with van der Waals surface area (Å²) in [4.78, 5) is 26.3. The van der Waals surface area contributed by atoms with Gasteiger partial charge in [-0.3, -0.25) is 14.5 Å². The van der Waals surface area contributed by atoms with Crippen molar-refractivity contribution >= 4 is 11.8 Å². The molecule has 1 heterocycles. The summed E-state index contributed by atoms with van der Waals surface area (Å²) in [5.74, 6) is -0.333. The van der Waals surface area contributed by atoms with Crippen LogP contribution in [0.15, 0.2) is 54.6 Å². The summed E-state index contributed by atoms with van der Waals surface area (Å²) in [6, 6.07) is 17.9. The number of amides is 2. The molecule has 0 bridgehead atoms. The molecule has 0 aromatic heterocycles. The predicted octanol–water partition coefficient (Wildman–Crippen LogP) is 2.26. The summed E-state index contributed by atoms with van der Waals surface area (Å²) in [5.41, 5.74) is 3.30. The van der Waals surface area contributed by atoms with Crippen molar-refractivity contribution in [3.63, 3.8) is 0 Å². The van der Waals surface area contributed by atoms with Crippen LogP contribution >= 0.6 is 0 Å². The Labute approximate surface area is 160 Å². The topological polar surface area (TPSA) is 61.4 Å². The number of hydrogen-bond donors (Lipinski definition) is 2. The zero-order valence-electron chi connectivity index (χ0n) is 15.6. The monoisotopic (exact) mass is 365 g/mol. The maximum atomic E-state index is 11.9. The van der Waals surface area contributed by atoms with E-state index in [-0.39, 0.29) is 24.8 Å². The molecular formula is C22H27N3O2. The number of nitrogens with zero attached hydrogens (tertiary/aromatic N) is 1. The third-order valence-electron chi connectivity index (χ3n) is 4.77. The summed E-state index contributed by atoms with van der Waals surface area (Å²) in [6.07, 6.45) is 2.88. The second-order valence-electron chi connectivity index (χ2n) is 7.02. The van der Waals surface area contributed by atoms with E-state index in [0.717, 1.165) is 17.7 Å². The van der Waals surface area contributed by atoms with Gasteiger partial charge in [-0.15, -0.1) is 0 Å². The number of carbonyl (C=O) groups is 2. The first-order valence-corrected chi connectivity index (χ1v) is 9.56. The van der Waals surface area contributed by atoms with Crippen LogP contribution in [0.25, 0.3) is 0 Å². The molecular weight excluding hydrogens is 338 g/mol. The van der Waals surface area contributed by atoms with Gasteiger partial charge in [-0.1, -0.05) is 54.6 Å². The lowest BCUT2D eigenvalue weighted by atomic mass is 10.1. The number of carbonyl (C=O) groups excluding carboxylic acids is 2. The first-order chi connectivity index (χ1) is 13.2. The van der Waals surface area contributed by atoms with Crippen molar-refractivity contribution in [3.8, 4) is 0 Å². The first kappa shape index (κ1) is 19.1. The maximum Gasteiger partial charge on any atom is 0.239 e. The third kappa shape index (κ3) is 6.53. The fourth-order valence-corrected chi connectivity index (χ4v) is 3.25. The molecule has 142 valence electrons. The molecule has 1 saturated heterocycles. The van der Waals surface area contributed by atoms with Crippen molar-refractivity contribution in [2.45, 2.75) is 32.4 Å². The van der Waals surface area contributed by atoms with Crippen LogP contribution in [0.2, 0.25) is 0 Å². The fourth-order valence-electron chi connectivity index (χ4n) is 3.25. The van der Waals surface area contributed by atoms with Gasteiger partial charge in [0.1, 0.15) is 0 Å². The molecule has 3 rings (SSSR count). The highest BCUT2D eigenvalue weighted by Gasteiger charge is 2.11. The van der Waals surface area contributed by atoms with Gasteiger partial charge in [0.2, 0.25) is 11.8 Å². The molecule has 0 unspecified atom stereocenters. The second-order valence-corrected chi connectivity index (χ2v) is 7.02. The second kappa shape index (κ2) is 9.88. The minimum absolute atomic E-state index is 0.00128. The minimum Gasteiger partial charge on any atom is -0.350 e. The Bertz CT molecular complexity index is 738. The van der Waals surface area contributed by atoms with E-state index < -0.39 is 0 Å². The molecule has 2 aromatic rings. The van der Waals surface area contributed by atoms with Gasteiger partial charge in [0.15, 0.2) is 0 Å². The van der Waals surface area contributed by atoms with E-state index >= 15 is 0 Å². The van der Waals surface area contributed by atoms with Gasteiger partial charge in [0.25, 0.3) is 0 Å². The number of likely N-dealkylation sites (tertiary alicyclic amines) is 1. The van der Waals surface area contributed by atoms with E-state index in [0.29, 0.717) is 6.54 Å². The summed E-state index contributed by atoms with van der Waals surface area (Å²) >= 11 is 0. The van der Waals surface area contributed by atoms with Crippen molar-refractivity contribution in [2.75, 3.05) is 19.6 Å². The molecule has 0 aliphatic carbocycles. The van der Waals surface area contributed by atoms with Crippen LogP contribution in [0.3, 0.4) is 0 Å². The average Bonchev–Trinajstić information content (AvgIpc) is 3.20. The minimum atomic E-state index is -0.183. The maximum absolute atomic E-state index is 11.9. The standard InChI is InChI=1S/C22H27N3O2/c26-21(14-18-6-2-1-3-7-18)24-16-22(27)23-15-19-8-10-20(11-9-19)17-25-12-4-5-13-25/h1-3,6-11H,4-5,12-17H2,(H,23,27)(H,24,26). The van der Waals surface area contributed by atoms with Gasteiger partial charge in [-0.2, -0.15) is 0 Å². The van der Waals surface area contributed by atoms with Crippen LogP contribution in [-0.4, -0.2) is 36.3 Å². The lowest BCUT2D eigenvalue weighted by Gasteiger charge is -2.14. The largest absolute Gasteiger partial charge is 0.350 e. The van der Waals surface area contributed by atoms with Crippen molar-refractivity contribution < 1.29 is 9.59 Å². The van der Waals surface area contributed by atoms with Crippen molar-refractivity contribution in [1.82, 2.24) is 15.5 Å². The van der Waals surface area contributed by atoms with Crippen LogP contribution < -0.4 is 10.6 Å². The third-order valence-corrected chi connectivity index (χ3v) is 4.77. The average molecular weight is 365 g/mol. The Morgan fingerprint density at radius 3 is 2.15 bits per heavy atom. The highest BCUT2D eigenvalue weighted by atomic mass is 16.2. The van der Waals surface area contributed by atoms with Crippen LogP contribution in [-0.2, 0) is 29.1 Å². The van der Waals surface area contributed by atoms with Crippen LogP contribution in [0, 0.1) is 0 Å². The van der Waals surface area contributed by atoms with Crippen LogP contribution in [0.1, 0.15) is 29.5 Å². The molecule has 27 heavy (non-hydrogen) atoms. The number of nitrogens with one attached hydrogen (secondary N) is 2. The number of benzene rings is 2. The molecule has 5 nitrogen and oxygen atoms in total. The smallest absolute Gasteiger partial charge is 0.239 e. The van der Waals surface area contributed by atoms with Crippen molar-refractivity contribution in [2.24, 2.45) is 0 Å². The predicted molar refractivity (Wildman–Crippen MR) is 106 cm³/mol. The van der Waals surface area contributed by atoms with Gasteiger partial charge in [-0.25, -0.2) is 0 Å². The summed E-state index contributed by atoms with van der Waals surface area (Å²) in [6.45, 7) is 3.85. The molecule has 2 N–H and O–H groups in total. The van der Waals surface area contributed by atoms with Crippen molar-refractivity contribution in [1.29, 1.82) is 0 Å². The summed E-state index contributed by atoms with van der Waals surface area (Å²) in [5, 5.41) is 5.51. The fraction of sp³-hybridized carbons (Fsp3) is 0.364. The molecule has 0 radical (unpaired) electrons. The van der Waals surface area contributed by atoms with Crippen LogP contribution in [0.4, 0.5) is 0 Å². The Morgan fingerprint density at radius 2 is 1.44 bits per heavy atom. The molecule has 2 aromatic carbocycles. The molecule has 1 fully saturated rings. The lowest BCUT2D eigenvalue weighted by Crippen LogP contribution is -2.37. The normalized spacial score (nSPS) is 14.1. The highest BCUT2D eigenvalue weighted by molar-refractivity contribution is 5.85. The van der Waals surface area contributed by atoms with E-state index in [1.807, 2.05) is 30.3 Å². The molecule has 1 aliphatic rings. The SMILES string of the molecule is O=C(CNC(=O)Cc1ccccc1)NCc1ccc(CN2CCCC2)cc1. The first-order valence-electron chi connectivity index (χ1n) is 9.56. The molecule has 1 aliphatic heterocycles. The molecule has 2 amide bonds. The van der Waals surface area contributed by atoms with Gasteiger partial charge in [-0.05, 0) is 42.6 Å². The molecule has 5 heteroatoms. The highest BCUT2D eigenvalue weighted by Crippen LogP contribution is 2.13. The number of hydrogen-bond acceptors (Lipinski definition) is 3. The molecule has 0 atom stereocenters. The van der Waals surface area contributed by atoms with Gasteiger partial charge >= 0.3 is 0 Å². The molecule has 0 saturated carbocycles. The Hall–Kier alpha value is -2.66. The van der Waals surface area contributed by atoms with E-state index in [4.69, 9.17) is 0 Å². The van der Waals surface area contributed by atoms with Gasteiger partial charge in [0.05, 0.1) is 13.0 Å². The van der Waals surface area contributed by atoms with E-state index in [9.17, 15) is 9.59 Å². The van der Waals surface area contributed by atoms with Crippen LogP contribution in [0.5, 0.6) is 0 Å². The Kier molecular flexibility index (Phi) is 6.99. The quantitative estimate of drug-likeness (QED) is 0.754. The Balaban J connectivity index is 1.35. The zero-order valence-corrected chi connectivity index (χ0v) is 15.6. The summed E-state index contributed by atoms with van der Waals surface area (Å²) in [7, 11) is 0. The van der Waals surface area contributed by atoms with E-state index in [1.54, 1.807) is 0 Å². The van der Waals surface area contributed by atoms with Crippen molar-refractivity contribution in [3.05, 3.63) is 71.3 Å². The van der Waals surface area contributed by atoms with Gasteiger partial charge < -0.3 is 10.6 Å². The van der Waals surface area contributed by atoms with E-state index in [2.05, 4.69) is 39.8 Å². The lowest BCUT2D eigenvalue weighted by molar-refractivity contribution is -0.125. The Morgan fingerprint density at radius 1 is 0.778 bits per heavy atom. The van der Waals surface area contributed by atoms with Gasteiger partial charge in [0, 0.05) is 13.1 Å². The zero-order chi connectivity index (χ0) is 18.9. The molecule has 0 spiro atoms. The van der Waals surface area contributed by atoms with E-state index in [1.165, 1.54) is 31.5 Å².